The minimum Gasteiger partial charge on any atom is -0.329 e. The lowest BCUT2D eigenvalue weighted by Gasteiger charge is -2.24. The molecule has 1 aromatic carbocycles. The number of benzene rings is 1. The zero-order valence-corrected chi connectivity index (χ0v) is 11.8. The Morgan fingerprint density at radius 3 is 2.29 bits per heavy atom. The average molecular weight is 274 g/mol. The number of carbonyl (C=O) groups excluding carboxylic acids is 1. The molecule has 4 heteroatoms. The molecular formula is C13H17Cl2NO. The molecule has 2 nitrogen and oxygen atoms in total. The number of hydrogen-bond donors (Lipinski definition) is 1. The summed E-state index contributed by atoms with van der Waals surface area (Å²) >= 11 is 11.8. The summed E-state index contributed by atoms with van der Waals surface area (Å²) in [6, 6.07) is 5.21. The minimum absolute atomic E-state index is 0.110. The maximum absolute atomic E-state index is 12.2. The van der Waals surface area contributed by atoms with Gasteiger partial charge in [-0.3, -0.25) is 4.79 Å². The van der Waals surface area contributed by atoms with Gasteiger partial charge < -0.3 is 5.73 Å². The Morgan fingerprint density at radius 1 is 1.29 bits per heavy atom. The van der Waals surface area contributed by atoms with Gasteiger partial charge >= 0.3 is 0 Å². The van der Waals surface area contributed by atoms with E-state index in [9.17, 15) is 4.79 Å². The first-order valence-electron chi connectivity index (χ1n) is 5.46. The molecular weight excluding hydrogens is 257 g/mol. The molecule has 1 aromatic rings. The summed E-state index contributed by atoms with van der Waals surface area (Å²) in [4.78, 5) is 12.2. The minimum atomic E-state index is -0.420. The molecule has 0 fully saturated rings. The molecule has 0 radical (unpaired) electrons. The first-order chi connectivity index (χ1) is 7.77. The Labute approximate surface area is 112 Å². The number of halogens is 2. The van der Waals surface area contributed by atoms with E-state index in [0.29, 0.717) is 10.0 Å². The van der Waals surface area contributed by atoms with Crippen molar-refractivity contribution in [1.29, 1.82) is 0 Å². The fourth-order valence-electron chi connectivity index (χ4n) is 1.65. The van der Waals surface area contributed by atoms with Crippen LogP contribution in [0.2, 0.25) is 10.0 Å². The summed E-state index contributed by atoms with van der Waals surface area (Å²) in [6.45, 7) is 5.93. The van der Waals surface area contributed by atoms with Gasteiger partial charge in [-0.05, 0) is 17.7 Å². The molecule has 94 valence electrons. The zero-order valence-electron chi connectivity index (χ0n) is 10.3. The van der Waals surface area contributed by atoms with Gasteiger partial charge in [-0.2, -0.15) is 0 Å². The van der Waals surface area contributed by atoms with Crippen LogP contribution in [0.15, 0.2) is 18.2 Å². The third kappa shape index (κ3) is 3.44. The number of Topliss-reactive ketones (excluding diaryl/α,β-unsaturated/α-hetero) is 1. The van der Waals surface area contributed by atoms with Crippen LogP contribution in [0.1, 0.15) is 32.3 Å². The molecule has 1 atom stereocenters. The molecule has 0 amide bonds. The summed E-state index contributed by atoms with van der Waals surface area (Å²) in [5, 5.41) is 0.929. The van der Waals surface area contributed by atoms with Crippen molar-refractivity contribution in [3.63, 3.8) is 0 Å². The van der Waals surface area contributed by atoms with E-state index in [4.69, 9.17) is 28.9 Å². The van der Waals surface area contributed by atoms with Crippen LogP contribution in [0, 0.1) is 5.41 Å². The zero-order chi connectivity index (χ0) is 13.2. The first kappa shape index (κ1) is 14.5. The van der Waals surface area contributed by atoms with Crippen LogP contribution < -0.4 is 5.73 Å². The lowest BCUT2D eigenvalue weighted by atomic mass is 9.80. The quantitative estimate of drug-likeness (QED) is 0.914. The van der Waals surface area contributed by atoms with Crippen molar-refractivity contribution in [2.45, 2.75) is 26.7 Å². The summed E-state index contributed by atoms with van der Waals surface area (Å²) in [5.74, 6) is -0.219. The molecule has 1 rings (SSSR count). The molecule has 0 heterocycles. The van der Waals surface area contributed by atoms with Crippen molar-refractivity contribution < 1.29 is 4.79 Å². The fraction of sp³-hybridized carbons (Fsp3) is 0.462. The van der Waals surface area contributed by atoms with Crippen molar-refractivity contribution in [3.05, 3.63) is 33.8 Å². The molecule has 0 aromatic heterocycles. The normalized spacial score (nSPS) is 13.5. The topological polar surface area (TPSA) is 43.1 Å². The van der Waals surface area contributed by atoms with Crippen molar-refractivity contribution in [2.24, 2.45) is 11.1 Å². The van der Waals surface area contributed by atoms with Crippen molar-refractivity contribution in [1.82, 2.24) is 0 Å². The van der Waals surface area contributed by atoms with E-state index in [1.54, 1.807) is 18.2 Å². The molecule has 0 aliphatic rings. The number of ketones is 1. The molecule has 1 unspecified atom stereocenters. The van der Waals surface area contributed by atoms with Gasteiger partial charge in [0.15, 0.2) is 0 Å². The highest BCUT2D eigenvalue weighted by atomic mass is 35.5. The molecule has 0 saturated heterocycles. The Morgan fingerprint density at radius 2 is 1.88 bits per heavy atom. The van der Waals surface area contributed by atoms with Crippen LogP contribution in [0.5, 0.6) is 0 Å². The highest BCUT2D eigenvalue weighted by molar-refractivity contribution is 6.42. The van der Waals surface area contributed by atoms with Crippen LogP contribution in [0.4, 0.5) is 0 Å². The number of hydrogen-bond acceptors (Lipinski definition) is 2. The smallest absolute Gasteiger partial charge is 0.146 e. The SMILES string of the molecule is CC(C)(C)C(=O)C(CN)c1ccc(Cl)c(Cl)c1. The summed E-state index contributed by atoms with van der Waals surface area (Å²) in [6.07, 6.45) is 0. The fourth-order valence-corrected chi connectivity index (χ4v) is 1.95. The first-order valence-corrected chi connectivity index (χ1v) is 6.22. The Bertz CT molecular complexity index is 424. The van der Waals surface area contributed by atoms with E-state index in [-0.39, 0.29) is 18.2 Å². The van der Waals surface area contributed by atoms with Crippen LogP contribution in [0.25, 0.3) is 0 Å². The Hall–Kier alpha value is -0.570. The van der Waals surface area contributed by atoms with E-state index >= 15 is 0 Å². The third-order valence-corrected chi connectivity index (χ3v) is 3.38. The van der Waals surface area contributed by atoms with Crippen molar-refractivity contribution in [3.8, 4) is 0 Å². The van der Waals surface area contributed by atoms with Gasteiger partial charge in [0.05, 0.1) is 16.0 Å². The molecule has 0 spiro atoms. The predicted octanol–water partition coefficient (Wildman–Crippen LogP) is 3.65. The molecule has 0 saturated carbocycles. The molecule has 0 bridgehead atoms. The molecule has 0 aliphatic heterocycles. The largest absolute Gasteiger partial charge is 0.329 e. The Kier molecular flexibility index (Phi) is 4.59. The molecule has 17 heavy (non-hydrogen) atoms. The van der Waals surface area contributed by atoms with Crippen LogP contribution in [-0.2, 0) is 4.79 Å². The van der Waals surface area contributed by atoms with Gasteiger partial charge in [0, 0.05) is 12.0 Å². The van der Waals surface area contributed by atoms with Crippen molar-refractivity contribution in [2.75, 3.05) is 6.54 Å². The molecule has 0 aliphatic carbocycles. The molecule has 2 N–H and O–H groups in total. The van der Waals surface area contributed by atoms with Crippen LogP contribution >= 0.6 is 23.2 Å². The van der Waals surface area contributed by atoms with E-state index in [0.717, 1.165) is 5.56 Å². The summed E-state index contributed by atoms with van der Waals surface area (Å²) < 4.78 is 0. The number of nitrogens with two attached hydrogens (primary N) is 1. The highest BCUT2D eigenvalue weighted by Crippen LogP contribution is 2.30. The highest BCUT2D eigenvalue weighted by Gasteiger charge is 2.29. The maximum Gasteiger partial charge on any atom is 0.146 e. The number of rotatable bonds is 3. The standard InChI is InChI=1S/C13H17Cl2NO/c1-13(2,3)12(17)9(7-16)8-4-5-10(14)11(15)6-8/h4-6,9H,7,16H2,1-3H3. The second-order valence-corrected chi connectivity index (χ2v) is 5.89. The van der Waals surface area contributed by atoms with Gasteiger partial charge in [0.1, 0.15) is 5.78 Å². The lowest BCUT2D eigenvalue weighted by Crippen LogP contribution is -2.31. The summed E-state index contributed by atoms with van der Waals surface area (Å²) in [5.41, 5.74) is 6.09. The van der Waals surface area contributed by atoms with Gasteiger partial charge in [-0.25, -0.2) is 0 Å². The van der Waals surface area contributed by atoms with E-state index in [1.807, 2.05) is 20.8 Å². The maximum atomic E-state index is 12.2. The monoisotopic (exact) mass is 273 g/mol. The van der Waals surface area contributed by atoms with Gasteiger partial charge in [0.2, 0.25) is 0 Å². The van der Waals surface area contributed by atoms with Crippen molar-refractivity contribution >= 4 is 29.0 Å². The average Bonchev–Trinajstić information content (AvgIpc) is 2.23. The second-order valence-electron chi connectivity index (χ2n) is 5.08. The lowest BCUT2D eigenvalue weighted by molar-refractivity contribution is -0.127. The van der Waals surface area contributed by atoms with E-state index in [2.05, 4.69) is 0 Å². The Balaban J connectivity index is 3.10. The summed E-state index contributed by atoms with van der Waals surface area (Å²) in [7, 11) is 0. The third-order valence-electron chi connectivity index (χ3n) is 2.64. The van der Waals surface area contributed by atoms with E-state index < -0.39 is 5.41 Å². The van der Waals surface area contributed by atoms with Gasteiger partial charge in [-0.1, -0.05) is 50.0 Å². The van der Waals surface area contributed by atoms with E-state index in [1.165, 1.54) is 0 Å². The predicted molar refractivity (Wildman–Crippen MR) is 72.7 cm³/mol. The van der Waals surface area contributed by atoms with Crippen LogP contribution in [0.3, 0.4) is 0 Å². The van der Waals surface area contributed by atoms with Gasteiger partial charge in [-0.15, -0.1) is 0 Å². The van der Waals surface area contributed by atoms with Crippen LogP contribution in [-0.4, -0.2) is 12.3 Å². The van der Waals surface area contributed by atoms with Gasteiger partial charge in [0.25, 0.3) is 0 Å². The number of carbonyl (C=O) groups is 1. The second kappa shape index (κ2) is 5.38.